The van der Waals surface area contributed by atoms with Crippen LogP contribution < -0.4 is 5.73 Å². The molecule has 2 aliphatic rings. The third-order valence-electron chi connectivity index (χ3n) is 3.91. The van der Waals surface area contributed by atoms with Gasteiger partial charge in [-0.15, -0.1) is 0 Å². The van der Waals surface area contributed by atoms with Crippen LogP contribution in [0.2, 0.25) is 0 Å². The molecule has 0 aromatic heterocycles. The predicted octanol–water partition coefficient (Wildman–Crippen LogP) is 2.27. The first-order chi connectivity index (χ1) is 6.70. The van der Waals surface area contributed by atoms with Gasteiger partial charge in [0, 0.05) is 12.1 Å². The minimum absolute atomic E-state index is 0.562. The third kappa shape index (κ3) is 1.74. The van der Waals surface area contributed by atoms with Crippen molar-refractivity contribution in [3.05, 3.63) is 0 Å². The standard InChI is InChI=1S/C11H20N2S/c1-8-6-7-9-4-2-3-5-10(9)13(8)11(12)14/h8-10H,2-7H2,1H3,(H2,12,14). The molecule has 2 nitrogen and oxygen atoms in total. The van der Waals surface area contributed by atoms with Crippen molar-refractivity contribution in [1.29, 1.82) is 0 Å². The Kier molecular flexibility index (Phi) is 2.96. The van der Waals surface area contributed by atoms with Gasteiger partial charge in [-0.05, 0) is 50.7 Å². The highest BCUT2D eigenvalue weighted by atomic mass is 32.1. The van der Waals surface area contributed by atoms with E-state index in [9.17, 15) is 0 Å². The molecule has 80 valence electrons. The summed E-state index contributed by atoms with van der Waals surface area (Å²) >= 11 is 5.16. The van der Waals surface area contributed by atoms with Gasteiger partial charge in [0.05, 0.1) is 0 Å². The summed E-state index contributed by atoms with van der Waals surface area (Å²) in [6.07, 6.45) is 8.08. The van der Waals surface area contributed by atoms with Crippen LogP contribution in [0.5, 0.6) is 0 Å². The van der Waals surface area contributed by atoms with Gasteiger partial charge in [-0.2, -0.15) is 0 Å². The van der Waals surface area contributed by atoms with Crippen molar-refractivity contribution in [1.82, 2.24) is 4.90 Å². The summed E-state index contributed by atoms with van der Waals surface area (Å²) in [5, 5.41) is 0.620. The number of thiocarbonyl (C=S) groups is 1. The Morgan fingerprint density at radius 1 is 1.21 bits per heavy atom. The van der Waals surface area contributed by atoms with Gasteiger partial charge in [0.2, 0.25) is 0 Å². The lowest BCUT2D eigenvalue weighted by Gasteiger charge is -2.48. The number of nitrogens with zero attached hydrogens (tertiary/aromatic N) is 1. The summed E-state index contributed by atoms with van der Waals surface area (Å²) in [5.74, 6) is 0.862. The normalized spacial score (nSPS) is 37.8. The van der Waals surface area contributed by atoms with Gasteiger partial charge in [0.25, 0.3) is 0 Å². The molecule has 1 saturated carbocycles. The van der Waals surface area contributed by atoms with E-state index in [0.29, 0.717) is 17.2 Å². The average molecular weight is 212 g/mol. The van der Waals surface area contributed by atoms with Crippen LogP contribution in [0, 0.1) is 5.92 Å². The van der Waals surface area contributed by atoms with Crippen molar-refractivity contribution in [3.63, 3.8) is 0 Å². The van der Waals surface area contributed by atoms with E-state index in [4.69, 9.17) is 18.0 Å². The molecular weight excluding hydrogens is 192 g/mol. The summed E-state index contributed by atoms with van der Waals surface area (Å²) < 4.78 is 0. The number of fused-ring (bicyclic) bond motifs is 1. The minimum atomic E-state index is 0.562. The van der Waals surface area contributed by atoms with Crippen LogP contribution in [0.3, 0.4) is 0 Å². The highest BCUT2D eigenvalue weighted by molar-refractivity contribution is 7.80. The van der Waals surface area contributed by atoms with Gasteiger partial charge >= 0.3 is 0 Å². The zero-order chi connectivity index (χ0) is 10.1. The van der Waals surface area contributed by atoms with Crippen LogP contribution in [0.15, 0.2) is 0 Å². The van der Waals surface area contributed by atoms with Crippen molar-refractivity contribution in [3.8, 4) is 0 Å². The molecular formula is C11H20N2S. The molecule has 1 aliphatic carbocycles. The third-order valence-corrected chi connectivity index (χ3v) is 4.12. The van der Waals surface area contributed by atoms with Gasteiger partial charge in [-0.25, -0.2) is 0 Å². The molecule has 0 aromatic carbocycles. The molecule has 0 amide bonds. The van der Waals surface area contributed by atoms with Gasteiger partial charge in [0.15, 0.2) is 5.11 Å². The van der Waals surface area contributed by atoms with Crippen molar-refractivity contribution in [2.75, 3.05) is 0 Å². The largest absolute Gasteiger partial charge is 0.376 e. The Balaban J connectivity index is 2.13. The van der Waals surface area contributed by atoms with Crippen molar-refractivity contribution >= 4 is 17.3 Å². The second-order valence-electron chi connectivity index (χ2n) is 4.78. The summed E-state index contributed by atoms with van der Waals surface area (Å²) in [5.41, 5.74) is 5.82. The monoisotopic (exact) mass is 212 g/mol. The molecule has 3 heteroatoms. The molecule has 0 spiro atoms. The predicted molar refractivity (Wildman–Crippen MR) is 63.1 cm³/mol. The first kappa shape index (κ1) is 10.2. The molecule has 1 saturated heterocycles. The summed E-state index contributed by atoms with van der Waals surface area (Å²) in [6, 6.07) is 1.22. The molecule has 2 fully saturated rings. The van der Waals surface area contributed by atoms with Gasteiger partial charge in [-0.3, -0.25) is 0 Å². The van der Waals surface area contributed by atoms with Crippen LogP contribution >= 0.6 is 12.2 Å². The van der Waals surface area contributed by atoms with Crippen LogP contribution in [0.4, 0.5) is 0 Å². The Morgan fingerprint density at radius 2 is 1.93 bits per heavy atom. The fraction of sp³-hybridized carbons (Fsp3) is 0.909. The number of likely N-dealkylation sites (tertiary alicyclic amines) is 1. The maximum Gasteiger partial charge on any atom is 0.166 e. The summed E-state index contributed by atoms with van der Waals surface area (Å²) in [6.45, 7) is 2.25. The van der Waals surface area contributed by atoms with E-state index in [1.165, 1.54) is 38.5 Å². The molecule has 2 N–H and O–H groups in total. The number of hydrogen-bond donors (Lipinski definition) is 1. The zero-order valence-corrected chi connectivity index (χ0v) is 9.72. The highest BCUT2D eigenvalue weighted by Gasteiger charge is 2.36. The lowest BCUT2D eigenvalue weighted by Crippen LogP contribution is -2.55. The maximum absolute atomic E-state index is 5.82. The molecule has 1 aliphatic heterocycles. The smallest absolute Gasteiger partial charge is 0.166 e. The molecule has 0 radical (unpaired) electrons. The lowest BCUT2D eigenvalue weighted by molar-refractivity contribution is 0.0822. The minimum Gasteiger partial charge on any atom is -0.376 e. The van der Waals surface area contributed by atoms with Crippen LogP contribution in [-0.2, 0) is 0 Å². The lowest BCUT2D eigenvalue weighted by atomic mass is 9.77. The van der Waals surface area contributed by atoms with E-state index in [2.05, 4.69) is 11.8 Å². The first-order valence-corrected chi connectivity index (χ1v) is 6.18. The molecule has 14 heavy (non-hydrogen) atoms. The number of nitrogens with two attached hydrogens (primary N) is 1. The van der Waals surface area contributed by atoms with Crippen molar-refractivity contribution in [2.45, 2.75) is 57.5 Å². The van der Waals surface area contributed by atoms with E-state index in [0.717, 1.165) is 5.92 Å². The first-order valence-electron chi connectivity index (χ1n) is 5.78. The van der Waals surface area contributed by atoms with E-state index in [1.54, 1.807) is 0 Å². The fourth-order valence-electron chi connectivity index (χ4n) is 3.19. The molecule has 0 aromatic rings. The van der Waals surface area contributed by atoms with Gasteiger partial charge in [0.1, 0.15) is 0 Å². The van der Waals surface area contributed by atoms with E-state index >= 15 is 0 Å². The number of piperidine rings is 1. The number of hydrogen-bond acceptors (Lipinski definition) is 1. The van der Waals surface area contributed by atoms with Crippen LogP contribution in [-0.4, -0.2) is 22.1 Å². The molecule has 3 unspecified atom stereocenters. The van der Waals surface area contributed by atoms with Crippen LogP contribution in [0.25, 0.3) is 0 Å². The highest BCUT2D eigenvalue weighted by Crippen LogP contribution is 2.37. The maximum atomic E-state index is 5.82. The molecule has 2 rings (SSSR count). The summed E-state index contributed by atoms with van der Waals surface area (Å²) in [4.78, 5) is 2.31. The van der Waals surface area contributed by atoms with Crippen molar-refractivity contribution in [2.24, 2.45) is 11.7 Å². The van der Waals surface area contributed by atoms with E-state index < -0.39 is 0 Å². The zero-order valence-electron chi connectivity index (χ0n) is 8.91. The molecule has 3 atom stereocenters. The summed E-state index contributed by atoms with van der Waals surface area (Å²) in [7, 11) is 0. The van der Waals surface area contributed by atoms with E-state index in [1.807, 2.05) is 0 Å². The topological polar surface area (TPSA) is 29.3 Å². The van der Waals surface area contributed by atoms with E-state index in [-0.39, 0.29) is 0 Å². The van der Waals surface area contributed by atoms with Gasteiger partial charge < -0.3 is 10.6 Å². The second kappa shape index (κ2) is 4.05. The quantitative estimate of drug-likeness (QED) is 0.625. The Hall–Kier alpha value is -0.310. The Labute approximate surface area is 91.8 Å². The average Bonchev–Trinajstić information content (AvgIpc) is 2.17. The second-order valence-corrected chi connectivity index (χ2v) is 5.20. The van der Waals surface area contributed by atoms with Crippen molar-refractivity contribution < 1.29 is 0 Å². The van der Waals surface area contributed by atoms with Gasteiger partial charge in [-0.1, -0.05) is 12.8 Å². The number of rotatable bonds is 0. The fourth-order valence-corrected chi connectivity index (χ4v) is 3.51. The Morgan fingerprint density at radius 3 is 2.64 bits per heavy atom. The van der Waals surface area contributed by atoms with Crippen LogP contribution in [0.1, 0.15) is 45.4 Å². The molecule has 1 heterocycles. The SMILES string of the molecule is CC1CCC2CCCCC2N1C(N)=S. The molecule has 0 bridgehead atoms. The Bertz CT molecular complexity index is 229.